The number of para-hydroxylation sites is 1. The molecule has 0 aliphatic carbocycles. The van der Waals surface area contributed by atoms with Crippen molar-refractivity contribution in [2.45, 2.75) is 19.5 Å². The summed E-state index contributed by atoms with van der Waals surface area (Å²) in [4.78, 5) is 14.5. The van der Waals surface area contributed by atoms with Crippen LogP contribution in [0.15, 0.2) is 61.3 Å². The van der Waals surface area contributed by atoms with Gasteiger partial charge in [-0.1, -0.05) is 24.3 Å². The van der Waals surface area contributed by atoms with Crippen LogP contribution in [-0.4, -0.2) is 22.4 Å². The smallest absolute Gasteiger partial charge is 0.256 e. The molecular weight excluding hydrogens is 334 g/mol. The highest BCUT2D eigenvalue weighted by molar-refractivity contribution is 6.07. The molecular formula is C21H20F2N2O. The van der Waals surface area contributed by atoms with Crippen LogP contribution in [0.2, 0.25) is 0 Å². The zero-order valence-electron chi connectivity index (χ0n) is 14.7. The molecule has 1 amide bonds. The first-order chi connectivity index (χ1) is 12.4. The van der Waals surface area contributed by atoms with Crippen LogP contribution in [0.4, 0.5) is 8.78 Å². The maximum Gasteiger partial charge on any atom is 0.256 e. The van der Waals surface area contributed by atoms with Crippen molar-refractivity contribution >= 4 is 16.8 Å². The lowest BCUT2D eigenvalue weighted by Crippen LogP contribution is -2.30. The SMILES string of the molecule is C=CCn1cc(C(=O)N(C)[C@H](C)c2cc(F)ccc2F)c2ccccc21. The Balaban J connectivity index is 1.99. The van der Waals surface area contributed by atoms with Crippen molar-refractivity contribution in [2.75, 3.05) is 7.05 Å². The Kier molecular flexibility index (Phi) is 4.89. The molecule has 26 heavy (non-hydrogen) atoms. The number of fused-ring (bicyclic) bond motifs is 1. The molecule has 0 spiro atoms. The third-order valence-corrected chi connectivity index (χ3v) is 4.65. The number of carbonyl (C=O) groups excluding carboxylic acids is 1. The maximum absolute atomic E-state index is 14.1. The quantitative estimate of drug-likeness (QED) is 0.596. The van der Waals surface area contributed by atoms with E-state index in [1.807, 2.05) is 28.8 Å². The van der Waals surface area contributed by atoms with E-state index in [0.29, 0.717) is 12.1 Å². The lowest BCUT2D eigenvalue weighted by atomic mass is 10.0. The van der Waals surface area contributed by atoms with Gasteiger partial charge in [0.15, 0.2) is 0 Å². The Morgan fingerprint density at radius 3 is 2.73 bits per heavy atom. The van der Waals surface area contributed by atoms with Crippen LogP contribution >= 0.6 is 0 Å². The molecule has 0 bridgehead atoms. The lowest BCUT2D eigenvalue weighted by Gasteiger charge is -2.25. The van der Waals surface area contributed by atoms with Crippen LogP contribution in [-0.2, 0) is 6.54 Å². The molecule has 0 N–H and O–H groups in total. The van der Waals surface area contributed by atoms with Crippen molar-refractivity contribution in [3.8, 4) is 0 Å². The summed E-state index contributed by atoms with van der Waals surface area (Å²) in [7, 11) is 1.59. The van der Waals surface area contributed by atoms with E-state index in [2.05, 4.69) is 6.58 Å². The van der Waals surface area contributed by atoms with Crippen LogP contribution in [0, 0.1) is 11.6 Å². The Labute approximate surface area is 151 Å². The minimum absolute atomic E-state index is 0.149. The molecule has 134 valence electrons. The zero-order valence-corrected chi connectivity index (χ0v) is 14.7. The number of hydrogen-bond donors (Lipinski definition) is 0. The third kappa shape index (κ3) is 3.12. The van der Waals surface area contributed by atoms with Gasteiger partial charge in [-0.05, 0) is 31.2 Å². The van der Waals surface area contributed by atoms with E-state index in [-0.39, 0.29) is 11.5 Å². The molecule has 0 saturated heterocycles. The van der Waals surface area contributed by atoms with Gasteiger partial charge in [-0.3, -0.25) is 4.79 Å². The van der Waals surface area contributed by atoms with Crippen molar-refractivity contribution in [1.82, 2.24) is 9.47 Å². The number of benzene rings is 2. The van der Waals surface area contributed by atoms with E-state index in [0.717, 1.165) is 29.1 Å². The van der Waals surface area contributed by atoms with Gasteiger partial charge in [-0.2, -0.15) is 0 Å². The monoisotopic (exact) mass is 354 g/mol. The van der Waals surface area contributed by atoms with Gasteiger partial charge in [0.05, 0.1) is 11.6 Å². The minimum Gasteiger partial charge on any atom is -0.343 e. The predicted molar refractivity (Wildman–Crippen MR) is 99.0 cm³/mol. The standard InChI is InChI=1S/C21H20F2N2O/c1-4-11-25-13-18(16-7-5-6-8-20(16)25)21(26)24(3)14(2)17-12-15(22)9-10-19(17)23/h4-10,12-14H,1,11H2,2-3H3/t14-/m1/s1. The molecule has 0 fully saturated rings. The molecule has 0 saturated carbocycles. The molecule has 0 unspecified atom stereocenters. The topological polar surface area (TPSA) is 25.2 Å². The van der Waals surface area contributed by atoms with Gasteiger partial charge in [0, 0.05) is 36.3 Å². The zero-order chi connectivity index (χ0) is 18.8. The highest BCUT2D eigenvalue weighted by Gasteiger charge is 2.24. The fraction of sp³-hybridized carbons (Fsp3) is 0.190. The van der Waals surface area contributed by atoms with Gasteiger partial charge in [0.25, 0.3) is 5.91 Å². The Morgan fingerprint density at radius 2 is 2.00 bits per heavy atom. The first-order valence-corrected chi connectivity index (χ1v) is 8.35. The highest BCUT2D eigenvalue weighted by atomic mass is 19.1. The molecule has 0 aliphatic rings. The van der Waals surface area contributed by atoms with Gasteiger partial charge in [-0.25, -0.2) is 8.78 Å². The number of halogens is 2. The van der Waals surface area contributed by atoms with E-state index in [9.17, 15) is 13.6 Å². The number of hydrogen-bond acceptors (Lipinski definition) is 1. The summed E-state index contributed by atoms with van der Waals surface area (Å²) in [6.07, 6.45) is 3.54. The van der Waals surface area contributed by atoms with E-state index in [1.165, 1.54) is 4.90 Å². The van der Waals surface area contributed by atoms with Crippen LogP contribution in [0.5, 0.6) is 0 Å². The van der Waals surface area contributed by atoms with Gasteiger partial charge in [-0.15, -0.1) is 6.58 Å². The number of nitrogens with zero attached hydrogens (tertiary/aromatic N) is 2. The van der Waals surface area contributed by atoms with Gasteiger partial charge in [0.2, 0.25) is 0 Å². The highest BCUT2D eigenvalue weighted by Crippen LogP contribution is 2.27. The third-order valence-electron chi connectivity index (χ3n) is 4.65. The first-order valence-electron chi connectivity index (χ1n) is 8.35. The summed E-state index contributed by atoms with van der Waals surface area (Å²) < 4.78 is 29.5. The summed E-state index contributed by atoms with van der Waals surface area (Å²) in [5.41, 5.74) is 1.60. The number of carbonyl (C=O) groups is 1. The number of allylic oxidation sites excluding steroid dienone is 1. The average molecular weight is 354 g/mol. The van der Waals surface area contributed by atoms with Gasteiger partial charge >= 0.3 is 0 Å². The minimum atomic E-state index is -0.611. The molecule has 0 radical (unpaired) electrons. The van der Waals surface area contributed by atoms with Crippen LogP contribution in [0.1, 0.15) is 28.9 Å². The fourth-order valence-electron chi connectivity index (χ4n) is 3.12. The maximum atomic E-state index is 14.1. The normalized spacial score (nSPS) is 12.2. The Hall–Kier alpha value is -2.95. The molecule has 5 heteroatoms. The van der Waals surface area contributed by atoms with Crippen LogP contribution in [0.3, 0.4) is 0 Å². The fourth-order valence-corrected chi connectivity index (χ4v) is 3.12. The second-order valence-corrected chi connectivity index (χ2v) is 6.26. The van der Waals surface area contributed by atoms with Crippen LogP contribution in [0.25, 0.3) is 10.9 Å². The summed E-state index contributed by atoms with van der Waals surface area (Å²) >= 11 is 0. The molecule has 1 aromatic heterocycles. The summed E-state index contributed by atoms with van der Waals surface area (Å²) in [6, 6.07) is 10.3. The number of aromatic nitrogens is 1. The molecule has 3 aromatic rings. The van der Waals surface area contributed by atoms with Gasteiger partial charge in [0.1, 0.15) is 11.6 Å². The second-order valence-electron chi connectivity index (χ2n) is 6.26. The molecule has 3 nitrogen and oxygen atoms in total. The Morgan fingerprint density at radius 1 is 1.27 bits per heavy atom. The van der Waals surface area contributed by atoms with E-state index >= 15 is 0 Å². The second kappa shape index (κ2) is 7.12. The summed E-state index contributed by atoms with van der Waals surface area (Å²) in [5.74, 6) is -1.32. The van der Waals surface area contributed by atoms with Crippen molar-refractivity contribution in [3.05, 3.63) is 84.1 Å². The first kappa shape index (κ1) is 17.9. The van der Waals surface area contributed by atoms with Crippen LogP contribution < -0.4 is 0 Å². The summed E-state index contributed by atoms with van der Waals surface area (Å²) in [5, 5.41) is 0.818. The van der Waals surface area contributed by atoms with Crippen molar-refractivity contribution < 1.29 is 13.6 Å². The van der Waals surface area contributed by atoms with E-state index in [4.69, 9.17) is 0 Å². The van der Waals surface area contributed by atoms with Gasteiger partial charge < -0.3 is 9.47 Å². The van der Waals surface area contributed by atoms with Crippen molar-refractivity contribution in [1.29, 1.82) is 0 Å². The number of amides is 1. The Bertz CT molecular complexity index is 977. The van der Waals surface area contributed by atoms with E-state index in [1.54, 1.807) is 26.2 Å². The molecule has 1 heterocycles. The lowest BCUT2D eigenvalue weighted by molar-refractivity contribution is 0.0742. The molecule has 1 atom stereocenters. The van der Waals surface area contributed by atoms with Crippen molar-refractivity contribution in [3.63, 3.8) is 0 Å². The van der Waals surface area contributed by atoms with Crippen molar-refractivity contribution in [2.24, 2.45) is 0 Å². The summed E-state index contributed by atoms with van der Waals surface area (Å²) in [6.45, 7) is 6.00. The molecule has 3 rings (SSSR count). The largest absolute Gasteiger partial charge is 0.343 e. The average Bonchev–Trinajstić information content (AvgIpc) is 3.01. The number of rotatable bonds is 5. The predicted octanol–water partition coefficient (Wildman–Crippen LogP) is 4.94. The molecule has 2 aromatic carbocycles. The van der Waals surface area contributed by atoms with E-state index < -0.39 is 17.7 Å². The molecule has 0 aliphatic heterocycles.